The van der Waals surface area contributed by atoms with Crippen molar-refractivity contribution in [1.82, 2.24) is 30.5 Å². The highest BCUT2D eigenvalue weighted by atomic mass is 16.1. The quantitative estimate of drug-likeness (QED) is 0.562. The Morgan fingerprint density at radius 3 is 2.64 bits per heavy atom. The van der Waals surface area contributed by atoms with Gasteiger partial charge in [-0.25, -0.2) is 4.68 Å². The third-order valence-electron chi connectivity index (χ3n) is 5.03. The predicted molar refractivity (Wildman–Crippen MR) is 107 cm³/mol. The third-order valence-corrected chi connectivity index (χ3v) is 5.03. The number of tetrazole rings is 1. The minimum absolute atomic E-state index is 0.0939. The molecule has 2 aromatic carbocycles. The van der Waals surface area contributed by atoms with Gasteiger partial charge in [0.25, 0.3) is 5.91 Å². The van der Waals surface area contributed by atoms with Gasteiger partial charge in [0.2, 0.25) is 0 Å². The summed E-state index contributed by atoms with van der Waals surface area (Å²) in [7, 11) is 0. The zero-order valence-electron chi connectivity index (χ0n) is 16.2. The molecule has 0 bridgehead atoms. The number of aryl methyl sites for hydroxylation is 3. The number of H-pyrrole nitrogens is 1. The van der Waals surface area contributed by atoms with Crippen LogP contribution in [0, 0.1) is 20.8 Å². The molecule has 142 valence electrons. The summed E-state index contributed by atoms with van der Waals surface area (Å²) in [6.45, 7) is 7.32. The Labute approximate surface area is 162 Å². The monoisotopic (exact) mass is 374 g/mol. The average Bonchev–Trinajstić information content (AvgIpc) is 3.29. The van der Waals surface area contributed by atoms with E-state index in [1.165, 1.54) is 16.5 Å². The van der Waals surface area contributed by atoms with Crippen LogP contribution in [0.5, 0.6) is 0 Å². The van der Waals surface area contributed by atoms with Crippen molar-refractivity contribution in [1.29, 1.82) is 0 Å². The summed E-state index contributed by atoms with van der Waals surface area (Å²) in [5.74, 6) is -0.0939. The van der Waals surface area contributed by atoms with Gasteiger partial charge >= 0.3 is 0 Å². The smallest absolute Gasteiger partial charge is 0.251 e. The van der Waals surface area contributed by atoms with Crippen molar-refractivity contribution in [3.05, 3.63) is 76.2 Å². The van der Waals surface area contributed by atoms with Crippen LogP contribution in [0.15, 0.2) is 42.7 Å². The second-order valence-electron chi connectivity index (χ2n) is 7.11. The highest BCUT2D eigenvalue weighted by molar-refractivity contribution is 5.94. The second-order valence-corrected chi connectivity index (χ2v) is 7.11. The molecule has 0 fully saturated rings. The number of rotatable bonds is 5. The topological polar surface area (TPSA) is 88.5 Å². The van der Waals surface area contributed by atoms with Crippen LogP contribution in [0.1, 0.15) is 38.3 Å². The number of hydrogen-bond acceptors (Lipinski definition) is 4. The molecule has 0 radical (unpaired) electrons. The summed E-state index contributed by atoms with van der Waals surface area (Å²) >= 11 is 0. The number of hydrogen-bond donors (Lipinski definition) is 2. The van der Waals surface area contributed by atoms with E-state index in [9.17, 15) is 4.79 Å². The zero-order chi connectivity index (χ0) is 19.7. The van der Waals surface area contributed by atoms with Crippen LogP contribution >= 0.6 is 0 Å². The number of carbonyl (C=O) groups is 1. The lowest BCUT2D eigenvalue weighted by atomic mass is 10.0. The molecule has 0 unspecified atom stereocenters. The first-order valence-corrected chi connectivity index (χ1v) is 9.17. The normalized spacial score (nSPS) is 11.1. The first-order valence-electron chi connectivity index (χ1n) is 9.17. The van der Waals surface area contributed by atoms with E-state index < -0.39 is 0 Å². The van der Waals surface area contributed by atoms with Gasteiger partial charge in [0.05, 0.1) is 12.1 Å². The minimum Gasteiger partial charge on any atom is -0.358 e. The molecule has 4 aromatic rings. The van der Waals surface area contributed by atoms with E-state index in [2.05, 4.69) is 58.7 Å². The number of fused-ring (bicyclic) bond motifs is 1. The molecular weight excluding hydrogens is 352 g/mol. The summed E-state index contributed by atoms with van der Waals surface area (Å²) in [6.07, 6.45) is 1.56. The summed E-state index contributed by atoms with van der Waals surface area (Å²) in [6, 6.07) is 11.8. The van der Waals surface area contributed by atoms with Crippen molar-refractivity contribution < 1.29 is 4.79 Å². The molecular formula is C21H22N6O. The molecule has 4 rings (SSSR count). The van der Waals surface area contributed by atoms with Gasteiger partial charge in [-0.05, 0) is 66.1 Å². The number of amides is 1. The molecule has 0 saturated carbocycles. The van der Waals surface area contributed by atoms with Crippen LogP contribution < -0.4 is 5.32 Å². The molecule has 0 aliphatic rings. The number of benzene rings is 2. The Balaban J connectivity index is 1.47. The maximum absolute atomic E-state index is 12.6. The van der Waals surface area contributed by atoms with Gasteiger partial charge in [0, 0.05) is 23.2 Å². The molecule has 1 amide bonds. The second kappa shape index (κ2) is 7.26. The largest absolute Gasteiger partial charge is 0.358 e. The predicted octanol–water partition coefficient (Wildman–Crippen LogP) is 3.06. The van der Waals surface area contributed by atoms with Crippen molar-refractivity contribution >= 4 is 16.8 Å². The van der Waals surface area contributed by atoms with Gasteiger partial charge in [0.15, 0.2) is 0 Å². The Bertz CT molecular complexity index is 1130. The van der Waals surface area contributed by atoms with Gasteiger partial charge in [-0.15, -0.1) is 5.10 Å². The molecule has 0 aliphatic heterocycles. The molecule has 2 heterocycles. The highest BCUT2D eigenvalue weighted by Crippen LogP contribution is 2.26. The SMILES string of the molecule is Cc1cc(CNC(=O)c2ccc(Cn3cnnn3)cc2)c2[nH]c(C)c(C)c2c1. The Hall–Kier alpha value is -3.48. The van der Waals surface area contributed by atoms with Gasteiger partial charge in [-0.3, -0.25) is 4.79 Å². The maximum Gasteiger partial charge on any atom is 0.251 e. The first kappa shape index (κ1) is 17.9. The van der Waals surface area contributed by atoms with Crippen LogP contribution in [0.2, 0.25) is 0 Å². The van der Waals surface area contributed by atoms with Crippen molar-refractivity contribution in [2.45, 2.75) is 33.9 Å². The van der Waals surface area contributed by atoms with Gasteiger partial charge in [0.1, 0.15) is 6.33 Å². The fourth-order valence-corrected chi connectivity index (χ4v) is 3.41. The van der Waals surface area contributed by atoms with Crippen molar-refractivity contribution in [2.24, 2.45) is 0 Å². The summed E-state index contributed by atoms with van der Waals surface area (Å²) < 4.78 is 1.64. The van der Waals surface area contributed by atoms with Crippen molar-refractivity contribution in [3.63, 3.8) is 0 Å². The Morgan fingerprint density at radius 1 is 1.14 bits per heavy atom. The van der Waals surface area contributed by atoms with Crippen LogP contribution in [-0.4, -0.2) is 31.1 Å². The minimum atomic E-state index is -0.0939. The molecule has 7 nitrogen and oxygen atoms in total. The lowest BCUT2D eigenvalue weighted by molar-refractivity contribution is 0.0951. The fourth-order valence-electron chi connectivity index (χ4n) is 3.41. The van der Waals surface area contributed by atoms with E-state index in [4.69, 9.17) is 0 Å². The van der Waals surface area contributed by atoms with Crippen molar-refractivity contribution in [2.75, 3.05) is 0 Å². The molecule has 28 heavy (non-hydrogen) atoms. The molecule has 0 aliphatic carbocycles. The summed E-state index contributed by atoms with van der Waals surface area (Å²) in [4.78, 5) is 16.0. The Morgan fingerprint density at radius 2 is 1.93 bits per heavy atom. The molecule has 7 heteroatoms. The van der Waals surface area contributed by atoms with Crippen LogP contribution in [-0.2, 0) is 13.1 Å². The van der Waals surface area contributed by atoms with Crippen LogP contribution in [0.3, 0.4) is 0 Å². The summed E-state index contributed by atoms with van der Waals surface area (Å²) in [5.41, 5.74) is 7.44. The third kappa shape index (κ3) is 3.51. The van der Waals surface area contributed by atoms with Gasteiger partial charge in [-0.2, -0.15) is 0 Å². The lowest BCUT2D eigenvalue weighted by Crippen LogP contribution is -2.23. The zero-order valence-corrected chi connectivity index (χ0v) is 16.2. The highest BCUT2D eigenvalue weighted by Gasteiger charge is 2.11. The van der Waals surface area contributed by atoms with Gasteiger partial charge < -0.3 is 10.3 Å². The van der Waals surface area contributed by atoms with E-state index in [1.54, 1.807) is 11.0 Å². The van der Waals surface area contributed by atoms with E-state index in [-0.39, 0.29) is 5.91 Å². The number of aromatic nitrogens is 5. The van der Waals surface area contributed by atoms with E-state index >= 15 is 0 Å². The van der Waals surface area contributed by atoms with E-state index in [1.807, 2.05) is 24.3 Å². The maximum atomic E-state index is 12.6. The number of nitrogens with one attached hydrogen (secondary N) is 2. The standard InChI is InChI=1S/C21H22N6O/c1-13-8-18(20-19(9-13)14(2)15(3)24-20)10-22-21(28)17-6-4-16(5-7-17)11-27-12-23-25-26-27/h4-9,12,24H,10-11H2,1-3H3,(H,22,28). The first-order chi connectivity index (χ1) is 13.5. The van der Waals surface area contributed by atoms with E-state index in [0.717, 1.165) is 22.3 Å². The molecule has 0 saturated heterocycles. The number of aromatic amines is 1. The molecule has 0 spiro atoms. The van der Waals surface area contributed by atoms with Crippen LogP contribution in [0.25, 0.3) is 10.9 Å². The molecule has 2 N–H and O–H groups in total. The van der Waals surface area contributed by atoms with E-state index in [0.29, 0.717) is 18.7 Å². The molecule has 0 atom stereocenters. The van der Waals surface area contributed by atoms with Crippen LogP contribution in [0.4, 0.5) is 0 Å². The number of carbonyl (C=O) groups excluding carboxylic acids is 1. The molecule has 2 aromatic heterocycles. The van der Waals surface area contributed by atoms with Gasteiger partial charge in [-0.1, -0.05) is 23.8 Å². The lowest BCUT2D eigenvalue weighted by Gasteiger charge is -2.09. The summed E-state index contributed by atoms with van der Waals surface area (Å²) in [5, 5.41) is 15.3. The Kier molecular flexibility index (Phi) is 4.65. The number of nitrogens with zero attached hydrogens (tertiary/aromatic N) is 4. The fraction of sp³-hybridized carbons (Fsp3) is 0.238. The average molecular weight is 374 g/mol. The van der Waals surface area contributed by atoms with Crippen molar-refractivity contribution in [3.8, 4) is 0 Å².